The largest absolute Gasteiger partial charge is 0.463 e. The van der Waals surface area contributed by atoms with Gasteiger partial charge >= 0.3 is 41.8 Å². The van der Waals surface area contributed by atoms with Crippen molar-refractivity contribution < 1.29 is 85.7 Å². The van der Waals surface area contributed by atoms with Crippen LogP contribution in [0.5, 0.6) is 0 Å². The Bertz CT molecular complexity index is 1120. The third-order valence-electron chi connectivity index (χ3n) is 6.22. The topological polar surface area (TPSA) is 221 Å². The zero-order chi connectivity index (χ0) is 34.7. The van der Waals surface area contributed by atoms with Crippen molar-refractivity contribution in [1.29, 1.82) is 0 Å². The van der Waals surface area contributed by atoms with Gasteiger partial charge in [0.25, 0.3) is 0 Å². The van der Waals surface area contributed by atoms with E-state index in [-0.39, 0.29) is 6.61 Å². The Hall–Kier alpha value is -3.87. The molecule has 0 saturated carbocycles. The van der Waals surface area contributed by atoms with Crippen LogP contribution < -0.4 is 0 Å². The fourth-order valence-corrected chi connectivity index (χ4v) is 4.77. The van der Waals surface area contributed by atoms with Crippen LogP contribution in [0.4, 0.5) is 0 Å². The molecule has 0 bridgehead atoms. The second-order valence-electron chi connectivity index (χ2n) is 10.1. The average Bonchev–Trinajstić information content (AvgIpc) is 2.91. The minimum Gasteiger partial charge on any atom is -0.463 e. The van der Waals surface area contributed by atoms with Crippen LogP contribution >= 0.6 is 0 Å². The summed E-state index contributed by atoms with van der Waals surface area (Å²) in [7, 11) is 0. The van der Waals surface area contributed by atoms with E-state index >= 15 is 0 Å². The Morgan fingerprint density at radius 2 is 0.804 bits per heavy atom. The Morgan fingerprint density at radius 1 is 0.457 bits per heavy atom. The van der Waals surface area contributed by atoms with Gasteiger partial charge in [-0.3, -0.25) is 33.6 Å². The van der Waals surface area contributed by atoms with Crippen molar-refractivity contribution >= 4 is 41.8 Å². The molecule has 18 heteroatoms. The lowest BCUT2D eigenvalue weighted by Gasteiger charge is -2.48. The average molecular weight is 665 g/mol. The molecule has 0 aromatic carbocycles. The molecule has 0 aliphatic carbocycles. The Kier molecular flexibility index (Phi) is 14.8. The number of rotatable bonds is 13. The van der Waals surface area contributed by atoms with E-state index in [2.05, 4.69) is 0 Å². The monoisotopic (exact) mass is 664 g/mol. The van der Waals surface area contributed by atoms with Crippen molar-refractivity contribution in [3.63, 3.8) is 0 Å². The molecule has 0 radical (unpaired) electrons. The smallest absolute Gasteiger partial charge is 0.303 e. The third kappa shape index (κ3) is 11.5. The number of ether oxygens (including phenoxy) is 11. The lowest BCUT2D eigenvalue weighted by Crippen LogP contribution is -2.67. The molecule has 0 aromatic heterocycles. The molecule has 46 heavy (non-hydrogen) atoms. The Balaban J connectivity index is 2.70. The summed E-state index contributed by atoms with van der Waals surface area (Å²) in [4.78, 5) is 84.4. The Labute approximate surface area is 264 Å². The van der Waals surface area contributed by atoms with Crippen LogP contribution in [0.2, 0.25) is 0 Å². The minimum atomic E-state index is -1.76. The van der Waals surface area contributed by atoms with Crippen LogP contribution in [0.3, 0.4) is 0 Å². The van der Waals surface area contributed by atoms with Crippen LogP contribution in [0.25, 0.3) is 0 Å². The van der Waals surface area contributed by atoms with Crippen LogP contribution in [-0.4, -0.2) is 123 Å². The van der Waals surface area contributed by atoms with E-state index in [4.69, 9.17) is 52.1 Å². The number of hydrogen-bond acceptors (Lipinski definition) is 18. The third-order valence-corrected chi connectivity index (χ3v) is 6.22. The fraction of sp³-hybridized carbons (Fsp3) is 0.750. The number of hydrogen-bond donors (Lipinski definition) is 0. The van der Waals surface area contributed by atoms with Crippen molar-refractivity contribution in [3.8, 4) is 0 Å². The normalized spacial score (nSPS) is 30.6. The molecule has 2 fully saturated rings. The first-order valence-electron chi connectivity index (χ1n) is 14.2. The molecule has 0 aromatic rings. The molecule has 2 saturated heterocycles. The number of carbonyl (C=O) groups excluding carboxylic acids is 7. The first-order valence-corrected chi connectivity index (χ1v) is 14.2. The summed E-state index contributed by atoms with van der Waals surface area (Å²) in [6.07, 6.45) is -15.0. The first kappa shape index (κ1) is 38.3. The van der Waals surface area contributed by atoms with Crippen molar-refractivity contribution in [3.05, 3.63) is 0 Å². The van der Waals surface area contributed by atoms with Gasteiger partial charge in [-0.15, -0.1) is 0 Å². The molecule has 260 valence electrons. The highest BCUT2D eigenvalue weighted by Gasteiger charge is 2.57. The zero-order valence-corrected chi connectivity index (χ0v) is 26.7. The standard InChI is InChI=1S/C28H40O18/c1-9-36-27-25(42-17(7)34)24(41-16(6)33)22(20(44-27)11-38-13(3)30)46-28-26(43-18(8)35)23(40-15(5)32)21(39-14(4)31)19(45-28)10-37-12(2)29/h19-28H,9-11H2,1-8H3/t19-,20-,21+,22-,23+,24+,25-,26-,27+,28+/m1/s1. The molecule has 0 unspecified atom stereocenters. The lowest BCUT2D eigenvalue weighted by atomic mass is 9.96. The molecule has 2 aliphatic heterocycles. The van der Waals surface area contributed by atoms with E-state index in [0.717, 1.165) is 48.5 Å². The minimum absolute atomic E-state index is 0.0563. The van der Waals surface area contributed by atoms with E-state index in [1.807, 2.05) is 0 Å². The fourth-order valence-electron chi connectivity index (χ4n) is 4.77. The van der Waals surface area contributed by atoms with E-state index in [1.54, 1.807) is 6.92 Å². The maximum atomic E-state index is 12.3. The molecular weight excluding hydrogens is 624 g/mol. The summed E-state index contributed by atoms with van der Waals surface area (Å²) in [5.41, 5.74) is 0. The number of esters is 7. The van der Waals surface area contributed by atoms with Gasteiger partial charge in [0.2, 0.25) is 0 Å². The predicted octanol–water partition coefficient (Wildman–Crippen LogP) is -0.357. The molecule has 0 spiro atoms. The second-order valence-corrected chi connectivity index (χ2v) is 10.1. The maximum Gasteiger partial charge on any atom is 0.303 e. The van der Waals surface area contributed by atoms with E-state index < -0.39 is 116 Å². The van der Waals surface area contributed by atoms with Crippen molar-refractivity contribution in [2.24, 2.45) is 0 Å². The van der Waals surface area contributed by atoms with Crippen molar-refractivity contribution in [2.45, 2.75) is 117 Å². The van der Waals surface area contributed by atoms with Gasteiger partial charge in [0.15, 0.2) is 43.1 Å². The molecule has 10 atom stereocenters. The summed E-state index contributed by atoms with van der Waals surface area (Å²) in [5, 5.41) is 0. The molecule has 0 amide bonds. The van der Waals surface area contributed by atoms with Crippen LogP contribution in [0.1, 0.15) is 55.4 Å². The predicted molar refractivity (Wildman–Crippen MR) is 145 cm³/mol. The van der Waals surface area contributed by atoms with Gasteiger partial charge in [0, 0.05) is 55.1 Å². The highest BCUT2D eigenvalue weighted by atomic mass is 16.8. The van der Waals surface area contributed by atoms with E-state index in [9.17, 15) is 33.6 Å². The molecular formula is C28H40O18. The highest BCUT2D eigenvalue weighted by Crippen LogP contribution is 2.35. The summed E-state index contributed by atoms with van der Waals surface area (Å²) in [5.74, 6) is -5.73. The van der Waals surface area contributed by atoms with Crippen LogP contribution in [0, 0.1) is 0 Å². The van der Waals surface area contributed by atoms with Crippen molar-refractivity contribution in [2.75, 3.05) is 19.8 Å². The summed E-state index contributed by atoms with van der Waals surface area (Å²) in [6, 6.07) is 0. The zero-order valence-electron chi connectivity index (χ0n) is 26.7. The molecule has 18 nitrogen and oxygen atoms in total. The summed E-state index contributed by atoms with van der Waals surface area (Å²) >= 11 is 0. The molecule has 2 rings (SSSR count). The highest BCUT2D eigenvalue weighted by molar-refractivity contribution is 5.69. The van der Waals surface area contributed by atoms with Crippen LogP contribution in [-0.2, 0) is 85.7 Å². The summed E-state index contributed by atoms with van der Waals surface area (Å²) < 4.78 is 61.2. The van der Waals surface area contributed by atoms with Gasteiger partial charge in [0.1, 0.15) is 31.5 Å². The second kappa shape index (κ2) is 17.7. The van der Waals surface area contributed by atoms with Gasteiger partial charge in [-0.2, -0.15) is 0 Å². The van der Waals surface area contributed by atoms with Gasteiger partial charge in [-0.05, 0) is 6.92 Å². The molecule has 2 aliphatic rings. The van der Waals surface area contributed by atoms with Gasteiger partial charge in [-0.25, -0.2) is 0 Å². The van der Waals surface area contributed by atoms with Crippen molar-refractivity contribution in [1.82, 2.24) is 0 Å². The van der Waals surface area contributed by atoms with E-state index in [1.165, 1.54) is 0 Å². The quantitative estimate of drug-likeness (QED) is 0.181. The van der Waals surface area contributed by atoms with Crippen LogP contribution in [0.15, 0.2) is 0 Å². The summed E-state index contributed by atoms with van der Waals surface area (Å²) in [6.45, 7) is 8.16. The van der Waals surface area contributed by atoms with Gasteiger partial charge in [0.05, 0.1) is 0 Å². The van der Waals surface area contributed by atoms with Gasteiger partial charge < -0.3 is 52.1 Å². The van der Waals surface area contributed by atoms with Gasteiger partial charge in [-0.1, -0.05) is 0 Å². The Morgan fingerprint density at radius 3 is 1.22 bits per heavy atom. The molecule has 2 heterocycles. The first-order chi connectivity index (χ1) is 21.5. The number of carbonyl (C=O) groups is 7. The lowest BCUT2D eigenvalue weighted by molar-refractivity contribution is -0.360. The van der Waals surface area contributed by atoms with E-state index in [0.29, 0.717) is 0 Å². The molecule has 0 N–H and O–H groups in total. The maximum absolute atomic E-state index is 12.3. The SMILES string of the molecule is CCO[C@H]1O[C@H](COC(C)=O)[C@@H](O[C@@H]2O[C@H](COC(C)=O)[C@H](OC(C)=O)[C@H](OC(C)=O)[C@H]2OC(C)=O)[C@H](OC(C)=O)[C@H]1OC(C)=O.